The van der Waals surface area contributed by atoms with Crippen LogP contribution in [-0.2, 0) is 29.6 Å². The molecular weight excluding hydrogens is 934 g/mol. The summed E-state index contributed by atoms with van der Waals surface area (Å²) in [7, 11) is -9.76. The Kier molecular flexibility index (Phi) is 13.5. The molecule has 320 valence electrons. The minimum Gasteiger partial charge on any atom is -0.505 e. The number of thioether (sulfide) groups is 1. The summed E-state index contributed by atoms with van der Waals surface area (Å²) < 4.78 is 74.7. The number of halogens is 2. The fraction of sp³-hybridized carbons (Fsp3) is 0.0857. The first-order valence-corrected chi connectivity index (χ1v) is 22.6. The lowest BCUT2D eigenvalue weighted by atomic mass is 10.1. The van der Waals surface area contributed by atoms with E-state index in [1.165, 1.54) is 24.3 Å². The Balaban J connectivity index is 1.19. The fourth-order valence-electron chi connectivity index (χ4n) is 5.73. The van der Waals surface area contributed by atoms with Crippen molar-refractivity contribution in [3.8, 4) is 5.75 Å². The normalized spacial score (nSPS) is 12.0. The van der Waals surface area contributed by atoms with Crippen LogP contribution < -0.4 is 16.0 Å². The highest BCUT2D eigenvalue weighted by atomic mass is 35.5. The molecule has 0 aliphatic rings. The first kappa shape index (κ1) is 44.5. The zero-order valence-electron chi connectivity index (χ0n) is 31.1. The predicted octanol–water partition coefficient (Wildman–Crippen LogP) is 8.71. The number of nitrogens with zero attached hydrogens (tertiary/aromatic N) is 8. The Bertz CT molecular complexity index is 3100. The van der Waals surface area contributed by atoms with Gasteiger partial charge in [0.05, 0.1) is 27.5 Å². The van der Waals surface area contributed by atoms with E-state index in [-0.39, 0.29) is 72.5 Å². The van der Waals surface area contributed by atoms with Crippen molar-refractivity contribution >= 4 is 129 Å². The van der Waals surface area contributed by atoms with Gasteiger partial charge in [0.15, 0.2) is 10.9 Å². The summed E-state index contributed by atoms with van der Waals surface area (Å²) in [5.74, 6) is -0.192. The Labute approximate surface area is 369 Å². The summed E-state index contributed by atoms with van der Waals surface area (Å²) in [5, 5.41) is 41.6. The van der Waals surface area contributed by atoms with Crippen LogP contribution >= 0.6 is 47.0 Å². The van der Waals surface area contributed by atoms with E-state index in [4.69, 9.17) is 28.5 Å². The monoisotopic (exact) mass is 959 g/mol. The third-order valence-electron chi connectivity index (χ3n) is 8.32. The van der Waals surface area contributed by atoms with Gasteiger partial charge in [-0.25, -0.2) is 5.26 Å². The molecule has 0 saturated carbocycles. The number of phenols is 1. The van der Waals surface area contributed by atoms with Crippen molar-refractivity contribution in [2.45, 2.75) is 26.8 Å². The summed E-state index contributed by atoms with van der Waals surface area (Å²) in [6.45, 7) is 2.24. The van der Waals surface area contributed by atoms with Crippen molar-refractivity contribution in [3.63, 3.8) is 0 Å². The van der Waals surface area contributed by atoms with Crippen LogP contribution in [0.15, 0.2) is 109 Å². The SMILES string of the molecule is Cc1ccc(Nc2nc(Cl)nc(NCCSc3nc(Cl)nc(Nc4cc(S(=O)(=O)O)cc5cc(SOOO)c(/N=N/c6ccc7ccccc7c6S(=O)(=O)O)c(O)c45)n3)n2)cc1. The minimum absolute atomic E-state index is 0.0461. The second kappa shape index (κ2) is 18.8. The number of aromatic nitrogens is 6. The number of fused-ring (bicyclic) bond motifs is 2. The van der Waals surface area contributed by atoms with E-state index in [1.54, 1.807) is 18.2 Å². The molecule has 5 aromatic carbocycles. The van der Waals surface area contributed by atoms with Crippen molar-refractivity contribution in [3.05, 3.63) is 95.0 Å². The van der Waals surface area contributed by atoms with Crippen LogP contribution in [0.4, 0.5) is 40.6 Å². The Morgan fingerprint density at radius 3 is 2.21 bits per heavy atom. The highest BCUT2D eigenvalue weighted by Crippen LogP contribution is 2.48. The Morgan fingerprint density at radius 2 is 1.48 bits per heavy atom. The van der Waals surface area contributed by atoms with Crippen LogP contribution in [0.25, 0.3) is 21.5 Å². The quantitative estimate of drug-likeness (QED) is 0.00905. The molecule has 0 bridgehead atoms. The fourth-order valence-corrected chi connectivity index (χ4v) is 8.67. The summed E-state index contributed by atoms with van der Waals surface area (Å²) in [6, 6.07) is 19.9. The van der Waals surface area contributed by atoms with Gasteiger partial charge in [0.1, 0.15) is 16.3 Å². The molecule has 0 saturated heterocycles. The number of anilines is 5. The second-order valence-corrected chi connectivity index (χ2v) is 17.8. The van der Waals surface area contributed by atoms with E-state index in [9.17, 15) is 31.0 Å². The molecule has 2 aromatic heterocycles. The standard InChI is InChI=1S/C35H27Cl2N11O10S4/c1-17-6-9-20(10-7-17)39-33-42-30(36)41-32(45-33)38-12-13-59-35-44-31(37)43-34(46-35)40-24-16-21(61(51,52)53)14-19-15-25(60-58-57-50)27(28(49)26(19)24)48-47-23-11-8-18-4-2-3-5-22(18)29(23)62(54,55)56/h2-11,14-16,49-50H,12-13H2,1H3,(H,51,52,53)(H,54,55,56)(H,40,43,44,46)(H2,38,39,41,42,45)/b48-47+. The molecule has 0 aliphatic heterocycles. The molecule has 0 aliphatic carbocycles. The van der Waals surface area contributed by atoms with Gasteiger partial charge in [-0.05, 0) is 77.3 Å². The number of phenolic OH excluding ortho intramolecular Hbond substituents is 1. The zero-order valence-corrected chi connectivity index (χ0v) is 35.9. The lowest BCUT2D eigenvalue weighted by Crippen LogP contribution is -2.10. The molecule has 2 heterocycles. The molecule has 62 heavy (non-hydrogen) atoms. The van der Waals surface area contributed by atoms with Crippen molar-refractivity contribution in [1.82, 2.24) is 29.9 Å². The van der Waals surface area contributed by atoms with Crippen molar-refractivity contribution in [2.24, 2.45) is 10.2 Å². The van der Waals surface area contributed by atoms with Gasteiger partial charge in [-0.3, -0.25) is 9.11 Å². The van der Waals surface area contributed by atoms with Gasteiger partial charge in [-0.15, -0.1) is 14.6 Å². The van der Waals surface area contributed by atoms with E-state index in [2.05, 4.69) is 65.5 Å². The van der Waals surface area contributed by atoms with Gasteiger partial charge < -0.3 is 21.1 Å². The lowest BCUT2D eigenvalue weighted by molar-refractivity contribution is -0.432. The van der Waals surface area contributed by atoms with Gasteiger partial charge in [-0.2, -0.15) is 46.7 Å². The molecular formula is C35H27Cl2N11O10S4. The number of azo groups is 1. The van der Waals surface area contributed by atoms with Crippen LogP contribution in [0, 0.1) is 6.92 Å². The largest absolute Gasteiger partial charge is 0.505 e. The number of hydrogen-bond acceptors (Lipinski definition) is 21. The molecule has 7 aromatic rings. The molecule has 7 rings (SSSR count). The van der Waals surface area contributed by atoms with Crippen LogP contribution in [0.2, 0.25) is 10.6 Å². The third kappa shape index (κ3) is 10.7. The van der Waals surface area contributed by atoms with E-state index in [0.717, 1.165) is 35.1 Å². The Hall–Kier alpha value is -5.58. The van der Waals surface area contributed by atoms with Crippen LogP contribution in [0.5, 0.6) is 5.75 Å². The molecule has 0 unspecified atom stereocenters. The van der Waals surface area contributed by atoms with Gasteiger partial charge in [0.25, 0.3) is 20.2 Å². The van der Waals surface area contributed by atoms with Crippen LogP contribution in [0.1, 0.15) is 5.56 Å². The highest BCUT2D eigenvalue weighted by molar-refractivity contribution is 7.99. The summed E-state index contributed by atoms with van der Waals surface area (Å²) in [4.78, 5) is 23.7. The van der Waals surface area contributed by atoms with Crippen LogP contribution in [0.3, 0.4) is 0 Å². The molecule has 21 nitrogen and oxygen atoms in total. The number of nitrogens with one attached hydrogen (secondary N) is 3. The van der Waals surface area contributed by atoms with Crippen molar-refractivity contribution in [1.29, 1.82) is 0 Å². The average molecular weight is 961 g/mol. The Morgan fingerprint density at radius 1 is 0.774 bits per heavy atom. The van der Waals surface area contributed by atoms with Crippen LogP contribution in [-0.4, -0.2) is 78.5 Å². The third-order valence-corrected chi connectivity index (χ3v) is 11.9. The molecule has 0 radical (unpaired) electrons. The number of aryl methyl sites for hydroxylation is 1. The highest BCUT2D eigenvalue weighted by Gasteiger charge is 2.24. The summed E-state index contributed by atoms with van der Waals surface area (Å²) in [6.07, 6.45) is 0. The summed E-state index contributed by atoms with van der Waals surface area (Å²) >= 11 is 13.8. The maximum absolute atomic E-state index is 12.5. The van der Waals surface area contributed by atoms with Crippen molar-refractivity contribution in [2.75, 3.05) is 28.2 Å². The first-order chi connectivity index (χ1) is 29.5. The topological polar surface area (TPSA) is 306 Å². The number of aromatic hydroxyl groups is 1. The molecule has 27 heteroatoms. The van der Waals surface area contributed by atoms with E-state index in [0.29, 0.717) is 23.2 Å². The molecule has 0 fully saturated rings. The summed E-state index contributed by atoms with van der Waals surface area (Å²) in [5.41, 5.74) is 0.889. The maximum atomic E-state index is 12.5. The van der Waals surface area contributed by atoms with Gasteiger partial charge in [-0.1, -0.05) is 64.8 Å². The maximum Gasteiger partial charge on any atom is 0.297 e. The minimum atomic E-state index is -4.89. The average Bonchev–Trinajstić information content (AvgIpc) is 3.20. The van der Waals surface area contributed by atoms with Gasteiger partial charge in [0.2, 0.25) is 28.4 Å². The van der Waals surface area contributed by atoms with Gasteiger partial charge in [0, 0.05) is 28.8 Å². The number of hydrogen-bond donors (Lipinski definition) is 7. The zero-order chi connectivity index (χ0) is 44.2. The smallest absolute Gasteiger partial charge is 0.297 e. The van der Waals surface area contributed by atoms with E-state index >= 15 is 0 Å². The van der Waals surface area contributed by atoms with E-state index < -0.39 is 41.5 Å². The van der Waals surface area contributed by atoms with Crippen molar-refractivity contribution < 1.29 is 45.7 Å². The number of benzene rings is 5. The predicted molar refractivity (Wildman–Crippen MR) is 231 cm³/mol. The first-order valence-electron chi connectivity index (χ1n) is 17.2. The molecule has 7 N–H and O–H groups in total. The van der Waals surface area contributed by atoms with Gasteiger partial charge >= 0.3 is 0 Å². The molecule has 0 amide bonds. The molecule has 0 spiro atoms. The van der Waals surface area contributed by atoms with E-state index in [1.807, 2.05) is 31.2 Å². The number of rotatable bonds is 16. The lowest BCUT2D eigenvalue weighted by Gasteiger charge is -2.15. The second-order valence-electron chi connectivity index (χ2n) is 12.5. The molecule has 0 atom stereocenters.